The van der Waals surface area contributed by atoms with Crippen molar-refractivity contribution in [1.82, 2.24) is 15.0 Å². The Kier molecular flexibility index (Phi) is 5.53. The van der Waals surface area contributed by atoms with Gasteiger partial charge in [-0.05, 0) is 48.5 Å². The fourth-order valence-corrected chi connectivity index (χ4v) is 3.46. The molecular formula is C21H14F3N5S. The number of anilines is 1. The Morgan fingerprint density at radius 1 is 0.967 bits per heavy atom. The van der Waals surface area contributed by atoms with Gasteiger partial charge in [0, 0.05) is 24.2 Å². The summed E-state index contributed by atoms with van der Waals surface area (Å²) in [7, 11) is 0. The van der Waals surface area contributed by atoms with E-state index in [0.29, 0.717) is 11.4 Å². The Bertz CT molecular complexity index is 1160. The zero-order valence-corrected chi connectivity index (χ0v) is 16.2. The van der Waals surface area contributed by atoms with Gasteiger partial charge in [-0.3, -0.25) is 10.4 Å². The predicted molar refractivity (Wildman–Crippen MR) is 111 cm³/mol. The van der Waals surface area contributed by atoms with Crippen LogP contribution in [0, 0.1) is 0 Å². The van der Waals surface area contributed by atoms with E-state index in [4.69, 9.17) is 0 Å². The molecule has 3 heterocycles. The molecule has 0 radical (unpaired) electrons. The molecule has 1 N–H and O–H groups in total. The summed E-state index contributed by atoms with van der Waals surface area (Å²) in [6.45, 7) is 0. The molecule has 0 saturated carbocycles. The van der Waals surface area contributed by atoms with Crippen LogP contribution >= 0.6 is 11.3 Å². The minimum atomic E-state index is -4.36. The highest BCUT2D eigenvalue weighted by molar-refractivity contribution is 7.18. The number of halogens is 3. The van der Waals surface area contributed by atoms with E-state index in [1.54, 1.807) is 24.7 Å². The van der Waals surface area contributed by atoms with Crippen LogP contribution in [0.25, 0.3) is 21.1 Å². The smallest absolute Gasteiger partial charge is 0.278 e. The summed E-state index contributed by atoms with van der Waals surface area (Å²) in [4.78, 5) is 14.0. The maximum atomic E-state index is 12.6. The van der Waals surface area contributed by atoms with Gasteiger partial charge in [-0.2, -0.15) is 18.3 Å². The predicted octanol–water partition coefficient (Wildman–Crippen LogP) is 5.73. The van der Waals surface area contributed by atoms with E-state index in [1.807, 2.05) is 24.3 Å². The quantitative estimate of drug-likeness (QED) is 0.328. The molecule has 0 unspecified atom stereocenters. The van der Waals surface area contributed by atoms with Crippen molar-refractivity contribution in [2.75, 3.05) is 5.43 Å². The monoisotopic (exact) mass is 425 g/mol. The molecule has 0 amide bonds. The second kappa shape index (κ2) is 8.42. The van der Waals surface area contributed by atoms with Gasteiger partial charge in [0.05, 0.1) is 33.7 Å². The van der Waals surface area contributed by atoms with Crippen LogP contribution in [-0.2, 0) is 6.18 Å². The van der Waals surface area contributed by atoms with Gasteiger partial charge >= 0.3 is 6.18 Å². The van der Waals surface area contributed by atoms with Crippen molar-refractivity contribution < 1.29 is 13.2 Å². The van der Waals surface area contributed by atoms with Gasteiger partial charge in [-0.1, -0.05) is 6.07 Å². The number of hydrogen-bond acceptors (Lipinski definition) is 6. The van der Waals surface area contributed by atoms with Crippen molar-refractivity contribution in [3.63, 3.8) is 0 Å². The summed E-state index contributed by atoms with van der Waals surface area (Å²) >= 11 is 1.51. The van der Waals surface area contributed by atoms with E-state index in [9.17, 15) is 13.2 Å². The number of alkyl halides is 3. The van der Waals surface area contributed by atoms with Gasteiger partial charge in [-0.25, -0.2) is 9.97 Å². The molecule has 0 bridgehead atoms. The minimum absolute atomic E-state index is 0.443. The molecular weight excluding hydrogens is 411 g/mol. The molecule has 0 aliphatic rings. The fraction of sp³-hybridized carbons (Fsp3) is 0.0476. The molecule has 3 aromatic heterocycles. The van der Waals surface area contributed by atoms with E-state index in [0.717, 1.165) is 33.3 Å². The maximum absolute atomic E-state index is 12.6. The minimum Gasteiger partial charge on any atom is -0.278 e. The largest absolute Gasteiger partial charge is 0.416 e. The summed E-state index contributed by atoms with van der Waals surface area (Å²) < 4.78 is 37.8. The number of rotatable bonds is 5. The first-order chi connectivity index (χ1) is 14.5. The third-order valence-electron chi connectivity index (χ3n) is 4.04. The Hall–Kier alpha value is -3.59. The second-order valence-electron chi connectivity index (χ2n) is 6.16. The van der Waals surface area contributed by atoms with Crippen LogP contribution in [0.2, 0.25) is 0 Å². The van der Waals surface area contributed by atoms with Crippen LogP contribution in [0.5, 0.6) is 0 Å². The standard InChI is InChI=1S/C21H14F3N5S/c22-21(23,24)15-6-8-16(9-7-15)29-27-12-17-4-1-5-18(28-17)19-13-26-20(30-19)14-3-2-10-25-11-14/h1-13,29H/b27-12+. The number of hydrogen-bond donors (Lipinski definition) is 1. The average Bonchev–Trinajstić information content (AvgIpc) is 3.25. The van der Waals surface area contributed by atoms with Crippen LogP contribution < -0.4 is 5.43 Å². The molecule has 0 saturated heterocycles. The topological polar surface area (TPSA) is 63.1 Å². The summed E-state index contributed by atoms with van der Waals surface area (Å²) in [5.41, 5.74) is 4.73. The molecule has 0 aliphatic carbocycles. The molecule has 0 atom stereocenters. The van der Waals surface area contributed by atoms with Crippen molar-refractivity contribution >= 4 is 23.2 Å². The number of aromatic nitrogens is 3. The van der Waals surface area contributed by atoms with Gasteiger partial charge in [-0.15, -0.1) is 11.3 Å². The maximum Gasteiger partial charge on any atom is 0.416 e. The number of pyridine rings is 2. The van der Waals surface area contributed by atoms with Crippen molar-refractivity contribution in [1.29, 1.82) is 0 Å². The van der Waals surface area contributed by atoms with E-state index < -0.39 is 11.7 Å². The van der Waals surface area contributed by atoms with E-state index >= 15 is 0 Å². The van der Waals surface area contributed by atoms with Gasteiger partial charge < -0.3 is 0 Å². The highest BCUT2D eigenvalue weighted by atomic mass is 32.1. The molecule has 0 spiro atoms. The van der Waals surface area contributed by atoms with Crippen molar-refractivity contribution in [2.45, 2.75) is 6.18 Å². The van der Waals surface area contributed by atoms with E-state index in [-0.39, 0.29) is 0 Å². The van der Waals surface area contributed by atoms with Crippen LogP contribution in [0.3, 0.4) is 0 Å². The highest BCUT2D eigenvalue weighted by Gasteiger charge is 2.29. The van der Waals surface area contributed by atoms with Crippen LogP contribution in [0.1, 0.15) is 11.3 Å². The second-order valence-corrected chi connectivity index (χ2v) is 7.19. The third-order valence-corrected chi connectivity index (χ3v) is 5.11. The number of benzene rings is 1. The van der Waals surface area contributed by atoms with Crippen LogP contribution in [0.4, 0.5) is 18.9 Å². The lowest BCUT2D eigenvalue weighted by Gasteiger charge is -2.07. The number of nitrogens with zero attached hydrogens (tertiary/aromatic N) is 4. The lowest BCUT2D eigenvalue weighted by molar-refractivity contribution is -0.137. The van der Waals surface area contributed by atoms with Gasteiger partial charge in [0.15, 0.2) is 0 Å². The van der Waals surface area contributed by atoms with Crippen LogP contribution in [-0.4, -0.2) is 21.2 Å². The molecule has 30 heavy (non-hydrogen) atoms. The van der Waals surface area contributed by atoms with Gasteiger partial charge in [0.1, 0.15) is 5.01 Å². The summed E-state index contributed by atoms with van der Waals surface area (Å²) in [5, 5.41) is 4.90. The molecule has 5 nitrogen and oxygen atoms in total. The first-order valence-corrected chi connectivity index (χ1v) is 9.61. The summed E-state index contributed by atoms with van der Waals surface area (Å²) in [6, 6.07) is 14.0. The third kappa shape index (κ3) is 4.69. The molecule has 0 aliphatic heterocycles. The SMILES string of the molecule is FC(F)(F)c1ccc(N/N=C/c2cccc(-c3cnc(-c4cccnc4)s3)n2)cc1. The summed E-state index contributed by atoms with van der Waals surface area (Å²) in [5.74, 6) is 0. The fourth-order valence-electron chi connectivity index (χ4n) is 2.58. The van der Waals surface area contributed by atoms with E-state index in [2.05, 4.69) is 25.5 Å². The lowest BCUT2D eigenvalue weighted by atomic mass is 10.2. The number of hydrazone groups is 1. The van der Waals surface area contributed by atoms with Crippen molar-refractivity contribution in [2.24, 2.45) is 5.10 Å². The van der Waals surface area contributed by atoms with Gasteiger partial charge in [0.25, 0.3) is 0 Å². The van der Waals surface area contributed by atoms with E-state index in [1.165, 1.54) is 29.7 Å². The first kappa shape index (κ1) is 19.7. The highest BCUT2D eigenvalue weighted by Crippen LogP contribution is 2.31. The molecule has 9 heteroatoms. The number of thiazole rings is 1. The average molecular weight is 425 g/mol. The molecule has 0 fully saturated rings. The van der Waals surface area contributed by atoms with Gasteiger partial charge in [0.2, 0.25) is 0 Å². The molecule has 4 aromatic rings. The zero-order chi connectivity index (χ0) is 21.0. The lowest BCUT2D eigenvalue weighted by Crippen LogP contribution is -2.04. The Labute approximate surface area is 174 Å². The van der Waals surface area contributed by atoms with Crippen molar-refractivity contribution in [3.8, 4) is 21.1 Å². The Morgan fingerprint density at radius 2 is 1.80 bits per heavy atom. The summed E-state index contributed by atoms with van der Waals surface area (Å²) in [6.07, 6.45) is 2.37. The Morgan fingerprint density at radius 3 is 2.53 bits per heavy atom. The Balaban J connectivity index is 1.45. The molecule has 1 aromatic carbocycles. The zero-order valence-electron chi connectivity index (χ0n) is 15.3. The first-order valence-electron chi connectivity index (χ1n) is 8.79. The normalized spacial score (nSPS) is 11.7. The molecule has 150 valence electrons. The van der Waals surface area contributed by atoms with Crippen LogP contribution in [0.15, 0.2) is 78.3 Å². The number of nitrogens with one attached hydrogen (secondary N) is 1. The van der Waals surface area contributed by atoms with Crippen molar-refractivity contribution in [3.05, 3.63) is 84.4 Å². The molecule has 4 rings (SSSR count).